The Morgan fingerprint density at radius 3 is 2.56 bits per heavy atom. The summed E-state index contributed by atoms with van der Waals surface area (Å²) in [6.07, 6.45) is 0. The number of rotatable bonds is 2. The van der Waals surface area contributed by atoms with E-state index in [9.17, 15) is 4.79 Å². The Labute approximate surface area is 110 Å². The number of hydrogen-bond donors (Lipinski definition) is 0. The first-order valence-electron chi connectivity index (χ1n) is 5.44. The SMILES string of the molecule is COC(=O)c1ccc(-c2ccccc2Cl)nc1C. The van der Waals surface area contributed by atoms with Crippen LogP contribution in [0.4, 0.5) is 0 Å². The number of halogens is 1. The Morgan fingerprint density at radius 1 is 1.22 bits per heavy atom. The normalized spacial score (nSPS) is 10.2. The topological polar surface area (TPSA) is 39.2 Å². The molecular formula is C14H12ClNO2. The van der Waals surface area contributed by atoms with Crippen LogP contribution in [0.3, 0.4) is 0 Å². The van der Waals surface area contributed by atoms with Gasteiger partial charge in [0.25, 0.3) is 0 Å². The molecule has 0 radical (unpaired) electrons. The molecule has 0 bridgehead atoms. The van der Waals surface area contributed by atoms with Gasteiger partial charge < -0.3 is 4.74 Å². The summed E-state index contributed by atoms with van der Waals surface area (Å²) in [7, 11) is 1.35. The van der Waals surface area contributed by atoms with Crippen LogP contribution in [0.1, 0.15) is 16.1 Å². The van der Waals surface area contributed by atoms with Crippen molar-refractivity contribution in [3.05, 3.63) is 52.7 Å². The standard InChI is InChI=1S/C14H12ClNO2/c1-9-10(14(17)18-2)7-8-13(16-9)11-5-3-4-6-12(11)15/h3-8H,1-2H3. The third kappa shape index (κ3) is 2.36. The van der Waals surface area contributed by atoms with E-state index in [4.69, 9.17) is 11.6 Å². The molecule has 0 saturated heterocycles. The molecule has 1 aromatic carbocycles. The van der Waals surface area contributed by atoms with E-state index in [0.29, 0.717) is 16.3 Å². The summed E-state index contributed by atoms with van der Waals surface area (Å²) in [6.45, 7) is 1.77. The van der Waals surface area contributed by atoms with Crippen LogP contribution in [0.2, 0.25) is 5.02 Å². The molecule has 3 nitrogen and oxygen atoms in total. The average Bonchev–Trinajstić information content (AvgIpc) is 2.38. The van der Waals surface area contributed by atoms with Crippen molar-refractivity contribution in [2.24, 2.45) is 0 Å². The van der Waals surface area contributed by atoms with Crippen LogP contribution in [0, 0.1) is 6.92 Å². The minimum absolute atomic E-state index is 0.384. The van der Waals surface area contributed by atoms with E-state index in [1.165, 1.54) is 7.11 Å². The molecular weight excluding hydrogens is 250 g/mol. The lowest BCUT2D eigenvalue weighted by Crippen LogP contribution is -2.05. The minimum Gasteiger partial charge on any atom is -0.465 e. The zero-order valence-electron chi connectivity index (χ0n) is 10.1. The first kappa shape index (κ1) is 12.6. The zero-order chi connectivity index (χ0) is 13.1. The summed E-state index contributed by atoms with van der Waals surface area (Å²) in [6, 6.07) is 10.9. The highest BCUT2D eigenvalue weighted by atomic mass is 35.5. The van der Waals surface area contributed by atoms with E-state index in [1.54, 1.807) is 19.1 Å². The van der Waals surface area contributed by atoms with Crippen LogP contribution in [-0.4, -0.2) is 18.1 Å². The van der Waals surface area contributed by atoms with Crippen molar-refractivity contribution in [2.75, 3.05) is 7.11 Å². The minimum atomic E-state index is -0.384. The van der Waals surface area contributed by atoms with Crippen molar-refractivity contribution in [1.82, 2.24) is 4.98 Å². The third-order valence-electron chi connectivity index (χ3n) is 2.64. The molecule has 4 heteroatoms. The quantitative estimate of drug-likeness (QED) is 0.777. The Hall–Kier alpha value is -1.87. The molecule has 0 aliphatic carbocycles. The average molecular weight is 262 g/mol. The number of hydrogen-bond acceptors (Lipinski definition) is 3. The van der Waals surface area contributed by atoms with Gasteiger partial charge in [-0.1, -0.05) is 29.8 Å². The maximum atomic E-state index is 11.5. The lowest BCUT2D eigenvalue weighted by Gasteiger charge is -2.07. The lowest BCUT2D eigenvalue weighted by atomic mass is 10.1. The van der Waals surface area contributed by atoms with Crippen LogP contribution in [0.25, 0.3) is 11.3 Å². The molecule has 0 aliphatic rings. The molecule has 0 atom stereocenters. The molecule has 0 unspecified atom stereocenters. The fourth-order valence-corrected chi connectivity index (χ4v) is 1.94. The van der Waals surface area contributed by atoms with Gasteiger partial charge in [0.05, 0.1) is 24.1 Å². The first-order valence-corrected chi connectivity index (χ1v) is 5.82. The van der Waals surface area contributed by atoms with Gasteiger partial charge in [0.1, 0.15) is 0 Å². The van der Waals surface area contributed by atoms with Gasteiger partial charge in [-0.15, -0.1) is 0 Å². The number of carbonyl (C=O) groups is 1. The van der Waals surface area contributed by atoms with Crippen molar-refractivity contribution < 1.29 is 9.53 Å². The molecule has 0 saturated carbocycles. The van der Waals surface area contributed by atoms with E-state index in [1.807, 2.05) is 24.3 Å². The maximum absolute atomic E-state index is 11.5. The summed E-state index contributed by atoms with van der Waals surface area (Å²) in [5.74, 6) is -0.384. The molecule has 0 aliphatic heterocycles. The van der Waals surface area contributed by atoms with E-state index in [0.717, 1.165) is 11.3 Å². The molecule has 0 amide bonds. The zero-order valence-corrected chi connectivity index (χ0v) is 10.9. The van der Waals surface area contributed by atoms with Crippen LogP contribution in [0.5, 0.6) is 0 Å². The molecule has 1 aromatic heterocycles. The molecule has 0 fully saturated rings. The van der Waals surface area contributed by atoms with Crippen LogP contribution < -0.4 is 0 Å². The largest absolute Gasteiger partial charge is 0.465 e. The smallest absolute Gasteiger partial charge is 0.339 e. The van der Waals surface area contributed by atoms with E-state index >= 15 is 0 Å². The van der Waals surface area contributed by atoms with Crippen molar-refractivity contribution in [3.63, 3.8) is 0 Å². The molecule has 0 spiro atoms. The van der Waals surface area contributed by atoms with Gasteiger partial charge in [-0.05, 0) is 25.1 Å². The number of aryl methyl sites for hydroxylation is 1. The van der Waals surface area contributed by atoms with Crippen LogP contribution in [0.15, 0.2) is 36.4 Å². The second kappa shape index (κ2) is 5.19. The second-order valence-electron chi connectivity index (χ2n) is 3.80. The Kier molecular flexibility index (Phi) is 3.63. The monoisotopic (exact) mass is 261 g/mol. The summed E-state index contributed by atoms with van der Waals surface area (Å²) in [4.78, 5) is 15.8. The molecule has 2 rings (SSSR count). The fraction of sp³-hybridized carbons (Fsp3) is 0.143. The van der Waals surface area contributed by atoms with Gasteiger partial charge in [-0.3, -0.25) is 4.98 Å². The highest BCUT2D eigenvalue weighted by Crippen LogP contribution is 2.26. The fourth-order valence-electron chi connectivity index (χ4n) is 1.71. The van der Waals surface area contributed by atoms with E-state index < -0.39 is 0 Å². The van der Waals surface area contributed by atoms with Gasteiger partial charge in [-0.2, -0.15) is 0 Å². The summed E-state index contributed by atoms with van der Waals surface area (Å²) < 4.78 is 4.68. The highest BCUT2D eigenvalue weighted by Gasteiger charge is 2.12. The number of carbonyl (C=O) groups excluding carboxylic acids is 1. The van der Waals surface area contributed by atoms with Gasteiger partial charge in [-0.25, -0.2) is 4.79 Å². The predicted octanol–water partition coefficient (Wildman–Crippen LogP) is 3.50. The number of ether oxygens (including phenoxy) is 1. The number of nitrogens with zero attached hydrogens (tertiary/aromatic N) is 1. The van der Waals surface area contributed by atoms with Crippen molar-refractivity contribution in [3.8, 4) is 11.3 Å². The Morgan fingerprint density at radius 2 is 1.94 bits per heavy atom. The first-order chi connectivity index (χ1) is 8.63. The summed E-state index contributed by atoms with van der Waals surface area (Å²) in [5.41, 5.74) is 2.68. The Balaban J connectivity index is 2.47. The number of esters is 1. The van der Waals surface area contributed by atoms with E-state index in [2.05, 4.69) is 9.72 Å². The number of pyridine rings is 1. The predicted molar refractivity (Wildman–Crippen MR) is 70.8 cm³/mol. The molecule has 1 heterocycles. The lowest BCUT2D eigenvalue weighted by molar-refractivity contribution is 0.0599. The number of aromatic nitrogens is 1. The molecule has 2 aromatic rings. The summed E-state index contributed by atoms with van der Waals surface area (Å²) >= 11 is 6.11. The van der Waals surface area contributed by atoms with Crippen molar-refractivity contribution >= 4 is 17.6 Å². The van der Waals surface area contributed by atoms with E-state index in [-0.39, 0.29) is 5.97 Å². The van der Waals surface area contributed by atoms with Crippen molar-refractivity contribution in [1.29, 1.82) is 0 Å². The second-order valence-corrected chi connectivity index (χ2v) is 4.21. The highest BCUT2D eigenvalue weighted by molar-refractivity contribution is 6.33. The maximum Gasteiger partial charge on any atom is 0.339 e. The summed E-state index contributed by atoms with van der Waals surface area (Å²) in [5, 5.41) is 0.634. The molecule has 92 valence electrons. The molecule has 0 N–H and O–H groups in total. The molecule has 18 heavy (non-hydrogen) atoms. The Bertz CT molecular complexity index is 596. The van der Waals surface area contributed by atoms with Crippen LogP contribution >= 0.6 is 11.6 Å². The van der Waals surface area contributed by atoms with Crippen molar-refractivity contribution in [2.45, 2.75) is 6.92 Å². The van der Waals surface area contributed by atoms with Gasteiger partial charge in [0.2, 0.25) is 0 Å². The van der Waals surface area contributed by atoms with Gasteiger partial charge >= 0.3 is 5.97 Å². The van der Waals surface area contributed by atoms with Gasteiger partial charge in [0.15, 0.2) is 0 Å². The third-order valence-corrected chi connectivity index (χ3v) is 2.97. The number of methoxy groups -OCH3 is 1. The number of benzene rings is 1. The van der Waals surface area contributed by atoms with Crippen LogP contribution in [-0.2, 0) is 4.74 Å². The van der Waals surface area contributed by atoms with Gasteiger partial charge in [0, 0.05) is 10.6 Å².